The van der Waals surface area contributed by atoms with Gasteiger partial charge < -0.3 is 10.2 Å². The maximum absolute atomic E-state index is 12.5. The van der Waals surface area contributed by atoms with Crippen LogP contribution in [0.15, 0.2) is 42.5 Å². The smallest absolute Gasteiger partial charge is 0.289 e. The summed E-state index contributed by atoms with van der Waals surface area (Å²) in [5, 5.41) is 24.5. The number of carbonyl (C=O) groups excluding carboxylic acids is 2. The number of nitrogens with zero attached hydrogens (tertiary/aromatic N) is 3. The van der Waals surface area contributed by atoms with Crippen molar-refractivity contribution < 1.29 is 19.4 Å². The molecule has 2 aromatic carbocycles. The fraction of sp³-hybridized carbons (Fsp3) is 0.222. The number of anilines is 1. The third-order valence-corrected chi connectivity index (χ3v) is 4.05. The number of nitrogens with one attached hydrogen (secondary N) is 1. The van der Waals surface area contributed by atoms with Gasteiger partial charge in [0.05, 0.1) is 15.9 Å². The van der Waals surface area contributed by atoms with Gasteiger partial charge in [-0.05, 0) is 38.1 Å². The fourth-order valence-corrected chi connectivity index (χ4v) is 2.60. The molecule has 0 fully saturated rings. The summed E-state index contributed by atoms with van der Waals surface area (Å²) in [6.45, 7) is 4.75. The molecule has 0 saturated heterocycles. The van der Waals surface area contributed by atoms with Gasteiger partial charge in [-0.25, -0.2) is 0 Å². The summed E-state index contributed by atoms with van der Waals surface area (Å²) >= 11 is 0. The second-order valence-corrected chi connectivity index (χ2v) is 5.73. The topological polar surface area (TPSA) is 136 Å². The van der Waals surface area contributed by atoms with Gasteiger partial charge >= 0.3 is 0 Å². The van der Waals surface area contributed by atoms with Crippen molar-refractivity contribution in [1.29, 1.82) is 0 Å². The summed E-state index contributed by atoms with van der Waals surface area (Å²) in [6, 6.07) is 8.96. The van der Waals surface area contributed by atoms with E-state index in [0.717, 1.165) is 18.2 Å². The summed E-state index contributed by atoms with van der Waals surface area (Å²) in [4.78, 5) is 46.9. The Hall–Kier alpha value is -3.82. The third-order valence-electron chi connectivity index (χ3n) is 4.05. The first-order valence-electron chi connectivity index (χ1n) is 8.42. The van der Waals surface area contributed by atoms with E-state index in [1.165, 1.54) is 12.1 Å². The summed E-state index contributed by atoms with van der Waals surface area (Å²) < 4.78 is 0. The van der Waals surface area contributed by atoms with Gasteiger partial charge in [-0.2, -0.15) is 0 Å². The van der Waals surface area contributed by atoms with Crippen LogP contribution in [-0.4, -0.2) is 39.7 Å². The lowest BCUT2D eigenvalue weighted by Gasteiger charge is -2.19. The summed E-state index contributed by atoms with van der Waals surface area (Å²) in [5.41, 5.74) is -0.858. The van der Waals surface area contributed by atoms with Gasteiger partial charge in [0.15, 0.2) is 0 Å². The Balaban J connectivity index is 2.31. The lowest BCUT2D eigenvalue weighted by Crippen LogP contribution is -2.30. The van der Waals surface area contributed by atoms with Crippen molar-refractivity contribution >= 4 is 28.9 Å². The molecular weight excluding hydrogens is 368 g/mol. The Labute approximate surface area is 160 Å². The highest BCUT2D eigenvalue weighted by Gasteiger charge is 2.24. The first kappa shape index (κ1) is 20.5. The van der Waals surface area contributed by atoms with Crippen molar-refractivity contribution in [3.05, 3.63) is 73.8 Å². The van der Waals surface area contributed by atoms with Crippen LogP contribution in [0, 0.1) is 20.2 Å². The average Bonchev–Trinajstić information content (AvgIpc) is 2.68. The van der Waals surface area contributed by atoms with Gasteiger partial charge in [-0.1, -0.05) is 6.07 Å². The molecule has 28 heavy (non-hydrogen) atoms. The number of nitro benzene ring substituents is 2. The maximum Gasteiger partial charge on any atom is 0.289 e. The molecule has 0 unspecified atom stereocenters. The van der Waals surface area contributed by atoms with E-state index in [2.05, 4.69) is 5.32 Å². The number of amides is 2. The lowest BCUT2D eigenvalue weighted by molar-refractivity contribution is -0.394. The van der Waals surface area contributed by atoms with Gasteiger partial charge in [-0.15, -0.1) is 0 Å². The summed E-state index contributed by atoms with van der Waals surface area (Å²) in [6.07, 6.45) is 0. The van der Waals surface area contributed by atoms with Crippen molar-refractivity contribution in [1.82, 2.24) is 4.90 Å². The number of hydrogen-bond donors (Lipinski definition) is 1. The zero-order valence-corrected chi connectivity index (χ0v) is 15.2. The Morgan fingerprint density at radius 3 is 2.25 bits per heavy atom. The summed E-state index contributed by atoms with van der Waals surface area (Å²) in [5.74, 6) is -1.02. The molecule has 0 saturated carbocycles. The molecule has 0 aliphatic rings. The minimum atomic E-state index is -0.859. The molecule has 2 aromatic rings. The molecule has 10 nitrogen and oxygen atoms in total. The number of nitro groups is 2. The second kappa shape index (κ2) is 8.71. The standard InChI is InChI=1S/C18H18N4O6/c1-3-20(4-2)18(24)12-6-5-7-13(10-12)19-17(23)15-9-8-14(21(25)26)11-16(15)22(27)28/h5-11H,3-4H2,1-2H3,(H,19,23). The zero-order chi connectivity index (χ0) is 20.8. The van der Waals surface area contributed by atoms with Crippen LogP contribution in [0.2, 0.25) is 0 Å². The van der Waals surface area contributed by atoms with Gasteiger partial charge in [-0.3, -0.25) is 29.8 Å². The first-order valence-corrected chi connectivity index (χ1v) is 8.42. The van der Waals surface area contributed by atoms with Crippen LogP contribution in [0.1, 0.15) is 34.6 Å². The number of carbonyl (C=O) groups is 2. The van der Waals surface area contributed by atoms with Gasteiger partial charge in [0, 0.05) is 30.4 Å². The van der Waals surface area contributed by atoms with Crippen molar-refractivity contribution in [3.8, 4) is 0 Å². The third kappa shape index (κ3) is 4.47. The molecule has 146 valence electrons. The maximum atomic E-state index is 12.5. The van der Waals surface area contributed by atoms with E-state index in [4.69, 9.17) is 0 Å². The van der Waals surface area contributed by atoms with Crippen molar-refractivity contribution in [2.24, 2.45) is 0 Å². The number of non-ortho nitro benzene ring substituents is 1. The van der Waals surface area contributed by atoms with E-state index in [9.17, 15) is 29.8 Å². The highest BCUT2D eigenvalue weighted by molar-refractivity contribution is 6.07. The van der Waals surface area contributed by atoms with Crippen molar-refractivity contribution in [3.63, 3.8) is 0 Å². The second-order valence-electron chi connectivity index (χ2n) is 5.73. The van der Waals surface area contributed by atoms with Crippen LogP contribution < -0.4 is 5.32 Å². The number of benzene rings is 2. The molecule has 2 rings (SSSR count). The molecule has 0 bridgehead atoms. The fourth-order valence-electron chi connectivity index (χ4n) is 2.60. The average molecular weight is 386 g/mol. The van der Waals surface area contributed by atoms with Crippen molar-refractivity contribution in [2.45, 2.75) is 13.8 Å². The van der Waals surface area contributed by atoms with Gasteiger partial charge in [0.1, 0.15) is 5.56 Å². The molecule has 0 atom stereocenters. The van der Waals surface area contributed by atoms with Crippen LogP contribution in [0.4, 0.5) is 17.1 Å². The minimum Gasteiger partial charge on any atom is -0.339 e. The van der Waals surface area contributed by atoms with E-state index in [1.54, 1.807) is 17.0 Å². The zero-order valence-electron chi connectivity index (χ0n) is 15.2. The SMILES string of the molecule is CCN(CC)C(=O)c1cccc(NC(=O)c2ccc([N+](=O)[O-])cc2[N+](=O)[O-])c1. The molecule has 0 aliphatic carbocycles. The molecule has 1 N–H and O–H groups in total. The van der Waals surface area contributed by atoms with Crippen LogP contribution in [0.25, 0.3) is 0 Å². The van der Waals surface area contributed by atoms with Crippen LogP contribution in [0.5, 0.6) is 0 Å². The number of hydrogen-bond acceptors (Lipinski definition) is 6. The number of rotatable bonds is 7. The van der Waals surface area contributed by atoms with Crippen molar-refractivity contribution in [2.75, 3.05) is 18.4 Å². The monoisotopic (exact) mass is 386 g/mol. The summed E-state index contributed by atoms with van der Waals surface area (Å²) in [7, 11) is 0. The molecule has 0 heterocycles. The molecule has 0 aliphatic heterocycles. The van der Waals surface area contributed by atoms with Crippen LogP contribution >= 0.6 is 0 Å². The predicted octanol–water partition coefficient (Wildman–Crippen LogP) is 3.24. The Bertz CT molecular complexity index is 939. The molecule has 2 amide bonds. The quantitative estimate of drug-likeness (QED) is 0.573. The molecule has 0 radical (unpaired) electrons. The van der Waals surface area contributed by atoms with Crippen LogP contribution in [-0.2, 0) is 0 Å². The molecule has 10 heteroatoms. The lowest BCUT2D eigenvalue weighted by atomic mass is 10.1. The molecule has 0 spiro atoms. The van der Waals surface area contributed by atoms with E-state index in [-0.39, 0.29) is 17.2 Å². The first-order chi connectivity index (χ1) is 13.3. The predicted molar refractivity (Wildman–Crippen MR) is 101 cm³/mol. The Morgan fingerprint density at radius 2 is 1.68 bits per heavy atom. The van der Waals surface area contributed by atoms with Crippen LogP contribution in [0.3, 0.4) is 0 Å². The molecular formula is C18H18N4O6. The highest BCUT2D eigenvalue weighted by Crippen LogP contribution is 2.25. The highest BCUT2D eigenvalue weighted by atomic mass is 16.6. The normalized spacial score (nSPS) is 10.2. The van der Waals surface area contributed by atoms with Gasteiger partial charge in [0.2, 0.25) is 0 Å². The van der Waals surface area contributed by atoms with E-state index in [1.807, 2.05) is 13.8 Å². The van der Waals surface area contributed by atoms with E-state index in [0.29, 0.717) is 18.7 Å². The molecule has 0 aromatic heterocycles. The Kier molecular flexibility index (Phi) is 6.38. The van der Waals surface area contributed by atoms with Gasteiger partial charge in [0.25, 0.3) is 23.2 Å². The van der Waals surface area contributed by atoms with E-state index < -0.39 is 27.1 Å². The largest absolute Gasteiger partial charge is 0.339 e. The minimum absolute atomic E-state index is 0.206. The Morgan fingerprint density at radius 1 is 1.00 bits per heavy atom. The van der Waals surface area contributed by atoms with E-state index >= 15 is 0 Å².